The maximum absolute atomic E-state index is 6.32. The quantitative estimate of drug-likeness (QED) is 0.592. The van der Waals surface area contributed by atoms with E-state index < -0.39 is 0 Å². The third kappa shape index (κ3) is 1.92. The molecule has 3 rings (SSSR count). The molecule has 0 radical (unpaired) electrons. The fourth-order valence-electron chi connectivity index (χ4n) is 2.07. The minimum atomic E-state index is 0.722. The zero-order valence-electron chi connectivity index (χ0n) is 9.40. The van der Waals surface area contributed by atoms with Gasteiger partial charge in [0.05, 0.1) is 10.5 Å². The van der Waals surface area contributed by atoms with Gasteiger partial charge in [0.2, 0.25) is 0 Å². The van der Waals surface area contributed by atoms with Crippen LogP contribution < -0.4 is 0 Å². The number of hydrogen-bond acceptors (Lipinski definition) is 1. The van der Waals surface area contributed by atoms with Crippen molar-refractivity contribution in [1.82, 2.24) is 4.98 Å². The largest absolute Gasteiger partial charge is 0.255 e. The molecule has 0 aliphatic carbocycles. The van der Waals surface area contributed by atoms with Crippen molar-refractivity contribution in [1.29, 1.82) is 0 Å². The average Bonchev–Trinajstić information content (AvgIpc) is 2.40. The minimum Gasteiger partial charge on any atom is -0.255 e. The zero-order chi connectivity index (χ0) is 12.5. The summed E-state index contributed by atoms with van der Waals surface area (Å²) in [6.07, 6.45) is 1.82. The molecule has 0 saturated carbocycles. The molecule has 0 atom stereocenters. The molecule has 0 aliphatic rings. The van der Waals surface area contributed by atoms with Crippen LogP contribution in [0.5, 0.6) is 0 Å². The predicted molar refractivity (Wildman–Crippen MR) is 79.9 cm³/mol. The van der Waals surface area contributed by atoms with Gasteiger partial charge in [-0.05, 0) is 33.6 Å². The van der Waals surface area contributed by atoms with Crippen LogP contribution in [-0.4, -0.2) is 4.98 Å². The third-order valence-electron chi connectivity index (χ3n) is 2.86. The van der Waals surface area contributed by atoms with Crippen molar-refractivity contribution >= 4 is 38.4 Å². The van der Waals surface area contributed by atoms with Gasteiger partial charge in [-0.15, -0.1) is 0 Å². The Morgan fingerprint density at radius 2 is 1.72 bits per heavy atom. The van der Waals surface area contributed by atoms with Crippen LogP contribution in [0.3, 0.4) is 0 Å². The molecule has 3 heteroatoms. The predicted octanol–water partition coefficient (Wildman–Crippen LogP) is 5.32. The van der Waals surface area contributed by atoms with E-state index in [2.05, 4.69) is 33.0 Å². The monoisotopic (exact) mass is 317 g/mol. The van der Waals surface area contributed by atoms with Crippen molar-refractivity contribution in [2.45, 2.75) is 0 Å². The SMILES string of the molecule is Clc1cccc2ncc(Br)c(-c3ccccc3)c12. The molecule has 0 unspecified atom stereocenters. The summed E-state index contributed by atoms with van der Waals surface area (Å²) in [4.78, 5) is 4.40. The topological polar surface area (TPSA) is 12.9 Å². The summed E-state index contributed by atoms with van der Waals surface area (Å²) in [6.45, 7) is 0. The van der Waals surface area contributed by atoms with Crippen LogP contribution in [0.2, 0.25) is 5.02 Å². The standard InChI is InChI=1S/C15H9BrClN/c16-11-9-18-13-8-4-7-12(17)15(13)14(11)10-5-2-1-3-6-10/h1-9H. The van der Waals surface area contributed by atoms with E-state index in [1.165, 1.54) is 0 Å². The Hall–Kier alpha value is -1.38. The smallest absolute Gasteiger partial charge is 0.0724 e. The number of halogens is 2. The molecule has 0 N–H and O–H groups in total. The Labute approximate surface area is 119 Å². The third-order valence-corrected chi connectivity index (χ3v) is 3.78. The van der Waals surface area contributed by atoms with Crippen LogP contribution in [0.4, 0.5) is 0 Å². The highest BCUT2D eigenvalue weighted by atomic mass is 79.9. The molecule has 3 aromatic rings. The number of benzene rings is 2. The van der Waals surface area contributed by atoms with Gasteiger partial charge >= 0.3 is 0 Å². The molecule has 18 heavy (non-hydrogen) atoms. The summed E-state index contributed by atoms with van der Waals surface area (Å²) in [7, 11) is 0. The molecule has 0 aliphatic heterocycles. The number of fused-ring (bicyclic) bond motifs is 1. The maximum Gasteiger partial charge on any atom is 0.0724 e. The lowest BCUT2D eigenvalue weighted by molar-refractivity contribution is 1.39. The van der Waals surface area contributed by atoms with Gasteiger partial charge in [-0.2, -0.15) is 0 Å². The first-order valence-corrected chi connectivity index (χ1v) is 6.72. The van der Waals surface area contributed by atoms with E-state index in [4.69, 9.17) is 11.6 Å². The fourth-order valence-corrected chi connectivity index (χ4v) is 2.86. The van der Waals surface area contributed by atoms with Gasteiger partial charge in [-0.3, -0.25) is 4.98 Å². The van der Waals surface area contributed by atoms with E-state index in [0.29, 0.717) is 0 Å². The molecular formula is C15H9BrClN. The highest BCUT2D eigenvalue weighted by Crippen LogP contribution is 2.37. The Morgan fingerprint density at radius 1 is 0.944 bits per heavy atom. The maximum atomic E-state index is 6.32. The van der Waals surface area contributed by atoms with Gasteiger partial charge in [-0.25, -0.2) is 0 Å². The van der Waals surface area contributed by atoms with Crippen LogP contribution in [0.1, 0.15) is 0 Å². The van der Waals surface area contributed by atoms with Gasteiger partial charge < -0.3 is 0 Å². The number of pyridine rings is 1. The molecule has 1 aromatic heterocycles. The highest BCUT2D eigenvalue weighted by Gasteiger charge is 2.11. The minimum absolute atomic E-state index is 0.722. The lowest BCUT2D eigenvalue weighted by Crippen LogP contribution is -1.87. The van der Waals surface area contributed by atoms with Crippen LogP contribution >= 0.6 is 27.5 Å². The van der Waals surface area contributed by atoms with E-state index in [-0.39, 0.29) is 0 Å². The van der Waals surface area contributed by atoms with Gasteiger partial charge in [0, 0.05) is 21.6 Å². The molecule has 0 amide bonds. The number of rotatable bonds is 1. The first kappa shape index (κ1) is 11.7. The molecule has 0 saturated heterocycles. The Morgan fingerprint density at radius 3 is 2.50 bits per heavy atom. The summed E-state index contributed by atoms with van der Waals surface area (Å²) in [5.74, 6) is 0. The first-order chi connectivity index (χ1) is 8.77. The summed E-state index contributed by atoms with van der Waals surface area (Å²) < 4.78 is 0.953. The van der Waals surface area contributed by atoms with E-state index in [9.17, 15) is 0 Å². The number of aromatic nitrogens is 1. The fraction of sp³-hybridized carbons (Fsp3) is 0. The highest BCUT2D eigenvalue weighted by molar-refractivity contribution is 9.10. The van der Waals surface area contributed by atoms with Crippen LogP contribution in [-0.2, 0) is 0 Å². The lowest BCUT2D eigenvalue weighted by Gasteiger charge is -2.10. The van der Waals surface area contributed by atoms with Crippen LogP contribution in [0, 0.1) is 0 Å². The van der Waals surface area contributed by atoms with E-state index >= 15 is 0 Å². The van der Waals surface area contributed by atoms with E-state index in [0.717, 1.165) is 31.5 Å². The lowest BCUT2D eigenvalue weighted by atomic mass is 10.0. The molecule has 2 aromatic carbocycles. The van der Waals surface area contributed by atoms with Crippen molar-refractivity contribution in [2.75, 3.05) is 0 Å². The van der Waals surface area contributed by atoms with Crippen molar-refractivity contribution in [2.24, 2.45) is 0 Å². The average molecular weight is 319 g/mol. The second kappa shape index (κ2) is 4.71. The molecule has 88 valence electrons. The van der Waals surface area contributed by atoms with Crippen molar-refractivity contribution in [3.8, 4) is 11.1 Å². The molecule has 1 heterocycles. The molecule has 0 fully saturated rings. The number of nitrogens with zero attached hydrogens (tertiary/aromatic N) is 1. The Bertz CT molecular complexity index is 710. The van der Waals surface area contributed by atoms with Crippen molar-refractivity contribution < 1.29 is 0 Å². The first-order valence-electron chi connectivity index (χ1n) is 5.55. The van der Waals surface area contributed by atoms with Gasteiger partial charge in [-0.1, -0.05) is 48.0 Å². The Kier molecular flexibility index (Phi) is 3.06. The summed E-state index contributed by atoms with van der Waals surface area (Å²) >= 11 is 9.89. The van der Waals surface area contributed by atoms with Gasteiger partial charge in [0.25, 0.3) is 0 Å². The molecule has 0 bridgehead atoms. The van der Waals surface area contributed by atoms with Gasteiger partial charge in [0.1, 0.15) is 0 Å². The summed E-state index contributed by atoms with van der Waals surface area (Å²) in [6, 6.07) is 16.0. The molecule has 0 spiro atoms. The normalized spacial score (nSPS) is 10.8. The molecule has 1 nitrogen and oxygen atoms in total. The van der Waals surface area contributed by atoms with Crippen LogP contribution in [0.25, 0.3) is 22.0 Å². The van der Waals surface area contributed by atoms with Crippen molar-refractivity contribution in [3.63, 3.8) is 0 Å². The van der Waals surface area contributed by atoms with Crippen molar-refractivity contribution in [3.05, 3.63) is 64.2 Å². The number of hydrogen-bond donors (Lipinski definition) is 0. The van der Waals surface area contributed by atoms with Gasteiger partial charge in [0.15, 0.2) is 0 Å². The second-order valence-corrected chi connectivity index (χ2v) is 5.24. The van der Waals surface area contributed by atoms with E-state index in [1.807, 2.05) is 42.6 Å². The summed E-state index contributed by atoms with van der Waals surface area (Å²) in [5.41, 5.74) is 3.13. The van der Waals surface area contributed by atoms with E-state index in [1.54, 1.807) is 0 Å². The second-order valence-electron chi connectivity index (χ2n) is 3.98. The molecular weight excluding hydrogens is 310 g/mol. The zero-order valence-corrected chi connectivity index (χ0v) is 11.7. The Balaban J connectivity index is 2.44. The van der Waals surface area contributed by atoms with Crippen LogP contribution in [0.15, 0.2) is 59.2 Å². The summed E-state index contributed by atoms with van der Waals surface area (Å²) in [5, 5.41) is 1.71.